The molecule has 0 fully saturated rings. The first-order valence-corrected chi connectivity index (χ1v) is 10.9. The highest BCUT2D eigenvalue weighted by Gasteiger charge is 2.31. The summed E-state index contributed by atoms with van der Waals surface area (Å²) in [6.45, 7) is 1.70. The molecule has 0 aliphatic rings. The lowest BCUT2D eigenvalue weighted by Crippen LogP contribution is -2.21. The van der Waals surface area contributed by atoms with Crippen LogP contribution in [0.3, 0.4) is 0 Å². The summed E-state index contributed by atoms with van der Waals surface area (Å²) in [6.07, 6.45) is -4.56. The molecule has 0 aliphatic heterocycles. The monoisotopic (exact) mass is 477 g/mol. The second-order valence-corrected chi connectivity index (χ2v) is 8.29. The standard InChI is InChI=1S/C28H22F3NO3/c1-17(22-12-6-9-18-7-2-4-10-23(18)22)26(33)32-25-16-21(28(29,30)31)14-13-20(25)15-19-8-3-5-11-24(19)27(34)35/h2-14,16-17H,15H2,1H3,(H,32,33)(H,34,35). The van der Waals surface area contributed by atoms with Crippen LogP contribution in [0.5, 0.6) is 0 Å². The van der Waals surface area contributed by atoms with E-state index in [1.807, 2.05) is 42.5 Å². The number of halogens is 3. The van der Waals surface area contributed by atoms with Crippen LogP contribution in [0.25, 0.3) is 10.8 Å². The van der Waals surface area contributed by atoms with Gasteiger partial charge in [-0.15, -0.1) is 0 Å². The highest BCUT2D eigenvalue weighted by atomic mass is 19.4. The van der Waals surface area contributed by atoms with E-state index in [4.69, 9.17) is 0 Å². The molecule has 1 atom stereocenters. The number of rotatable bonds is 6. The molecule has 0 spiro atoms. The lowest BCUT2D eigenvalue weighted by atomic mass is 9.93. The number of alkyl halides is 3. The zero-order chi connectivity index (χ0) is 25.2. The molecule has 0 saturated carbocycles. The SMILES string of the molecule is CC(C(=O)Nc1cc(C(F)(F)F)ccc1Cc1ccccc1C(=O)O)c1cccc2ccccc12. The number of carbonyl (C=O) groups is 2. The summed E-state index contributed by atoms with van der Waals surface area (Å²) in [6, 6.07) is 22.5. The van der Waals surface area contributed by atoms with Gasteiger partial charge in [0.05, 0.1) is 17.0 Å². The third kappa shape index (κ3) is 5.19. The molecule has 0 aliphatic carbocycles. The summed E-state index contributed by atoms with van der Waals surface area (Å²) in [4.78, 5) is 24.8. The van der Waals surface area contributed by atoms with Crippen molar-refractivity contribution in [3.05, 3.63) is 113 Å². The van der Waals surface area contributed by atoms with Crippen LogP contribution in [-0.2, 0) is 17.4 Å². The first kappa shape index (κ1) is 24.0. The second-order valence-electron chi connectivity index (χ2n) is 8.29. The summed E-state index contributed by atoms with van der Waals surface area (Å²) in [5, 5.41) is 14.0. The van der Waals surface area contributed by atoms with E-state index < -0.39 is 29.5 Å². The quantitative estimate of drug-likeness (QED) is 0.318. The maximum Gasteiger partial charge on any atom is 0.416 e. The zero-order valence-corrected chi connectivity index (χ0v) is 18.8. The van der Waals surface area contributed by atoms with Crippen LogP contribution in [0.15, 0.2) is 84.9 Å². The molecule has 4 nitrogen and oxygen atoms in total. The van der Waals surface area contributed by atoms with Crippen molar-refractivity contribution in [1.82, 2.24) is 0 Å². The third-order valence-electron chi connectivity index (χ3n) is 6.01. The van der Waals surface area contributed by atoms with Crippen molar-refractivity contribution < 1.29 is 27.9 Å². The number of nitrogens with one attached hydrogen (secondary N) is 1. The Labute approximate surface area is 200 Å². The Morgan fingerprint density at radius 3 is 2.31 bits per heavy atom. The summed E-state index contributed by atoms with van der Waals surface area (Å²) >= 11 is 0. The van der Waals surface area contributed by atoms with Crippen LogP contribution < -0.4 is 5.32 Å². The molecule has 0 saturated heterocycles. The van der Waals surface area contributed by atoms with Gasteiger partial charge >= 0.3 is 12.1 Å². The van der Waals surface area contributed by atoms with Gasteiger partial charge in [-0.3, -0.25) is 4.79 Å². The van der Waals surface area contributed by atoms with Crippen molar-refractivity contribution in [3.63, 3.8) is 0 Å². The molecule has 178 valence electrons. The number of aromatic carboxylic acids is 1. The van der Waals surface area contributed by atoms with E-state index >= 15 is 0 Å². The summed E-state index contributed by atoms with van der Waals surface area (Å²) < 4.78 is 40.3. The summed E-state index contributed by atoms with van der Waals surface area (Å²) in [5.41, 5.74) is 0.708. The maximum absolute atomic E-state index is 13.4. The Bertz CT molecular complexity index is 1410. The minimum absolute atomic E-state index is 0.00268. The largest absolute Gasteiger partial charge is 0.478 e. The van der Waals surface area contributed by atoms with E-state index in [9.17, 15) is 27.9 Å². The number of carboxylic acids is 1. The minimum Gasteiger partial charge on any atom is -0.478 e. The van der Waals surface area contributed by atoms with Gasteiger partial charge in [-0.1, -0.05) is 66.7 Å². The Morgan fingerprint density at radius 1 is 0.886 bits per heavy atom. The molecule has 0 bridgehead atoms. The predicted molar refractivity (Wildman–Crippen MR) is 129 cm³/mol. The van der Waals surface area contributed by atoms with Crippen molar-refractivity contribution in [2.24, 2.45) is 0 Å². The van der Waals surface area contributed by atoms with Crippen molar-refractivity contribution in [1.29, 1.82) is 0 Å². The Kier molecular flexibility index (Phi) is 6.60. The van der Waals surface area contributed by atoms with E-state index in [0.29, 0.717) is 11.1 Å². The van der Waals surface area contributed by atoms with Gasteiger partial charge in [-0.25, -0.2) is 4.79 Å². The van der Waals surface area contributed by atoms with Gasteiger partial charge in [0.2, 0.25) is 5.91 Å². The highest BCUT2D eigenvalue weighted by molar-refractivity contribution is 6.00. The Balaban J connectivity index is 1.71. The smallest absolute Gasteiger partial charge is 0.416 e. The third-order valence-corrected chi connectivity index (χ3v) is 6.01. The van der Waals surface area contributed by atoms with Crippen LogP contribution in [0.4, 0.5) is 18.9 Å². The molecule has 1 amide bonds. The second kappa shape index (κ2) is 9.62. The van der Waals surface area contributed by atoms with E-state index in [1.54, 1.807) is 25.1 Å². The van der Waals surface area contributed by atoms with E-state index in [-0.39, 0.29) is 17.7 Å². The molecule has 1 unspecified atom stereocenters. The van der Waals surface area contributed by atoms with Gasteiger partial charge in [-0.05, 0) is 52.6 Å². The van der Waals surface area contributed by atoms with Crippen LogP contribution in [-0.4, -0.2) is 17.0 Å². The average Bonchev–Trinajstić information content (AvgIpc) is 2.83. The first-order chi connectivity index (χ1) is 16.6. The maximum atomic E-state index is 13.4. The van der Waals surface area contributed by atoms with Crippen LogP contribution >= 0.6 is 0 Å². The molecule has 0 radical (unpaired) electrons. The zero-order valence-electron chi connectivity index (χ0n) is 18.8. The van der Waals surface area contributed by atoms with Crippen LogP contribution in [0.2, 0.25) is 0 Å². The van der Waals surface area contributed by atoms with Crippen molar-refractivity contribution in [2.75, 3.05) is 5.32 Å². The van der Waals surface area contributed by atoms with Gasteiger partial charge in [0.1, 0.15) is 0 Å². The fraction of sp³-hybridized carbons (Fsp3) is 0.143. The number of hydrogen-bond acceptors (Lipinski definition) is 2. The van der Waals surface area contributed by atoms with Gasteiger partial charge in [-0.2, -0.15) is 13.2 Å². The predicted octanol–water partition coefficient (Wildman–Crippen LogP) is 6.89. The highest BCUT2D eigenvalue weighted by Crippen LogP contribution is 2.34. The van der Waals surface area contributed by atoms with Crippen molar-refractivity contribution in [3.8, 4) is 0 Å². The molecule has 0 aromatic heterocycles. The molecular weight excluding hydrogens is 455 g/mol. The van der Waals surface area contributed by atoms with Crippen molar-refractivity contribution >= 4 is 28.3 Å². The molecule has 2 N–H and O–H groups in total. The molecular formula is C28H22F3NO3. The molecule has 7 heteroatoms. The Morgan fingerprint density at radius 2 is 1.57 bits per heavy atom. The van der Waals surface area contributed by atoms with E-state index in [2.05, 4.69) is 5.32 Å². The number of carboxylic acid groups (broad SMARTS) is 1. The van der Waals surface area contributed by atoms with Gasteiger partial charge in [0.15, 0.2) is 0 Å². The fourth-order valence-electron chi connectivity index (χ4n) is 4.12. The molecule has 35 heavy (non-hydrogen) atoms. The van der Waals surface area contributed by atoms with Gasteiger partial charge in [0.25, 0.3) is 0 Å². The van der Waals surface area contributed by atoms with Crippen LogP contribution in [0.1, 0.15) is 45.5 Å². The lowest BCUT2D eigenvalue weighted by Gasteiger charge is -2.19. The number of anilines is 1. The topological polar surface area (TPSA) is 66.4 Å². The fourth-order valence-corrected chi connectivity index (χ4v) is 4.12. The molecule has 4 aromatic rings. The normalized spacial score (nSPS) is 12.3. The summed E-state index contributed by atoms with van der Waals surface area (Å²) in [7, 11) is 0. The minimum atomic E-state index is -4.60. The van der Waals surface area contributed by atoms with Gasteiger partial charge < -0.3 is 10.4 Å². The Hall–Kier alpha value is -4.13. The van der Waals surface area contributed by atoms with Gasteiger partial charge in [0, 0.05) is 12.1 Å². The first-order valence-electron chi connectivity index (χ1n) is 10.9. The molecule has 4 rings (SSSR count). The number of amides is 1. The number of carbonyl (C=O) groups excluding carboxylic acids is 1. The molecule has 0 heterocycles. The summed E-state index contributed by atoms with van der Waals surface area (Å²) in [5.74, 6) is -2.24. The number of hydrogen-bond donors (Lipinski definition) is 2. The lowest BCUT2D eigenvalue weighted by molar-refractivity contribution is -0.137. The number of fused-ring (bicyclic) bond motifs is 1. The van der Waals surface area contributed by atoms with E-state index in [1.165, 1.54) is 12.1 Å². The number of benzene rings is 4. The van der Waals surface area contributed by atoms with E-state index in [0.717, 1.165) is 28.5 Å². The average molecular weight is 477 g/mol. The van der Waals surface area contributed by atoms with Crippen molar-refractivity contribution in [2.45, 2.75) is 25.4 Å². The molecule has 4 aromatic carbocycles. The van der Waals surface area contributed by atoms with Crippen LogP contribution in [0, 0.1) is 0 Å².